The minimum atomic E-state index is -1.10. The van der Waals surface area contributed by atoms with E-state index in [1.807, 2.05) is 0 Å². The highest BCUT2D eigenvalue weighted by Gasteiger charge is 2.00. The summed E-state index contributed by atoms with van der Waals surface area (Å²) < 4.78 is 4.51. The van der Waals surface area contributed by atoms with Crippen molar-refractivity contribution in [1.29, 1.82) is 0 Å². The summed E-state index contributed by atoms with van der Waals surface area (Å²) >= 11 is 0. The molecule has 0 aromatic carbocycles. The first-order valence-corrected chi connectivity index (χ1v) is 3.76. The maximum atomic E-state index is 9.86. The molecule has 0 aromatic heterocycles. The molecule has 0 amide bonds. The Bertz CT molecular complexity index is 230. The first-order valence-electron chi connectivity index (χ1n) is 3.76. The van der Waals surface area contributed by atoms with Crippen LogP contribution in [-0.4, -0.2) is 28.8 Å². The third-order valence-electron chi connectivity index (χ3n) is 0.922. The van der Waals surface area contributed by atoms with Crippen LogP contribution in [0.3, 0.4) is 0 Å². The fraction of sp³-hybridized carbons (Fsp3) is 0.333. The molecule has 2 N–H and O–H groups in total. The van der Waals surface area contributed by atoms with Crippen LogP contribution in [0.1, 0.15) is 13.8 Å². The van der Waals surface area contributed by atoms with Crippen LogP contribution in [0.4, 0.5) is 0 Å². The Morgan fingerprint density at radius 2 is 1.57 bits per heavy atom. The van der Waals surface area contributed by atoms with Gasteiger partial charge in [0, 0.05) is 5.57 Å². The van der Waals surface area contributed by atoms with Crippen molar-refractivity contribution in [2.45, 2.75) is 13.8 Å². The average Bonchev–Trinajstić information content (AvgIpc) is 2.05. The van der Waals surface area contributed by atoms with Crippen molar-refractivity contribution < 1.29 is 24.5 Å². The zero-order valence-electron chi connectivity index (χ0n) is 8.24. The molecule has 0 radical (unpaired) electrons. The van der Waals surface area contributed by atoms with Gasteiger partial charge >= 0.3 is 11.9 Å². The Balaban J connectivity index is 0. The molecule has 0 unspecified atom stereocenters. The van der Waals surface area contributed by atoms with Crippen LogP contribution < -0.4 is 0 Å². The van der Waals surface area contributed by atoms with E-state index in [1.165, 1.54) is 6.92 Å². The molecule has 0 bridgehead atoms. The van der Waals surface area contributed by atoms with E-state index >= 15 is 0 Å². The second kappa shape index (κ2) is 7.85. The zero-order valence-corrected chi connectivity index (χ0v) is 8.24. The van der Waals surface area contributed by atoms with Gasteiger partial charge < -0.3 is 14.9 Å². The molecule has 80 valence electrons. The molecule has 0 saturated heterocycles. The number of carbonyl (C=O) groups is 2. The van der Waals surface area contributed by atoms with Crippen LogP contribution in [0.2, 0.25) is 0 Å². The summed E-state index contributed by atoms with van der Waals surface area (Å²) in [6, 6.07) is 0. The maximum absolute atomic E-state index is 9.86. The largest absolute Gasteiger partial charge is 0.487 e. The second-order valence-corrected chi connectivity index (χ2v) is 2.25. The summed E-state index contributed by atoms with van der Waals surface area (Å²) in [6.07, 6.45) is 0. The predicted octanol–water partition coefficient (Wildman–Crippen LogP) is 1.27. The average molecular weight is 202 g/mol. The highest BCUT2D eigenvalue weighted by molar-refractivity contribution is 5.84. The van der Waals surface area contributed by atoms with Crippen LogP contribution in [0.25, 0.3) is 0 Å². The molecule has 0 aliphatic carbocycles. The molecule has 5 heteroatoms. The molecule has 0 aromatic rings. The van der Waals surface area contributed by atoms with Crippen molar-refractivity contribution in [1.82, 2.24) is 0 Å². The van der Waals surface area contributed by atoms with Crippen LogP contribution in [0.5, 0.6) is 0 Å². The molecule has 0 heterocycles. The van der Waals surface area contributed by atoms with Crippen molar-refractivity contribution in [2.75, 3.05) is 6.61 Å². The van der Waals surface area contributed by atoms with Crippen molar-refractivity contribution >= 4 is 11.9 Å². The zero-order chi connectivity index (χ0) is 11.7. The Kier molecular flexibility index (Phi) is 8.26. The van der Waals surface area contributed by atoms with E-state index in [-0.39, 0.29) is 11.3 Å². The van der Waals surface area contributed by atoms with Crippen LogP contribution in [0.15, 0.2) is 24.5 Å². The molecule has 0 saturated carbocycles. The number of carboxylic acids is 2. The van der Waals surface area contributed by atoms with E-state index in [9.17, 15) is 9.59 Å². The lowest BCUT2D eigenvalue weighted by molar-refractivity contribution is -0.136. The Morgan fingerprint density at radius 3 is 1.64 bits per heavy atom. The van der Waals surface area contributed by atoms with Gasteiger partial charge in [-0.3, -0.25) is 0 Å². The molecule has 0 fully saturated rings. The van der Waals surface area contributed by atoms with Gasteiger partial charge in [-0.2, -0.15) is 0 Å². The van der Waals surface area contributed by atoms with Gasteiger partial charge in [-0.25, -0.2) is 9.59 Å². The van der Waals surface area contributed by atoms with Crippen molar-refractivity contribution in [3.8, 4) is 0 Å². The minimum Gasteiger partial charge on any atom is -0.487 e. The van der Waals surface area contributed by atoms with Crippen molar-refractivity contribution in [2.24, 2.45) is 0 Å². The van der Waals surface area contributed by atoms with E-state index in [0.29, 0.717) is 6.61 Å². The molecule has 0 aliphatic rings. The summed E-state index contributed by atoms with van der Waals surface area (Å²) in [7, 11) is 0. The topological polar surface area (TPSA) is 83.8 Å². The van der Waals surface area contributed by atoms with E-state index < -0.39 is 11.9 Å². The number of aliphatic carboxylic acids is 2. The number of rotatable bonds is 4. The molecule has 0 spiro atoms. The molecular weight excluding hydrogens is 188 g/mol. The maximum Gasteiger partial charge on any atom is 0.370 e. The Labute approximate surface area is 82.3 Å². The van der Waals surface area contributed by atoms with Gasteiger partial charge in [-0.1, -0.05) is 6.58 Å². The Morgan fingerprint density at radius 1 is 1.21 bits per heavy atom. The molecule has 0 rings (SSSR count). The van der Waals surface area contributed by atoms with E-state index in [4.69, 9.17) is 10.2 Å². The monoisotopic (exact) mass is 202 g/mol. The smallest absolute Gasteiger partial charge is 0.370 e. The lowest BCUT2D eigenvalue weighted by Gasteiger charge is -1.97. The van der Waals surface area contributed by atoms with Gasteiger partial charge in [-0.05, 0) is 20.4 Å². The summed E-state index contributed by atoms with van der Waals surface area (Å²) in [5.74, 6) is -2.24. The quantitative estimate of drug-likeness (QED) is 0.529. The van der Waals surface area contributed by atoms with Gasteiger partial charge in [0.05, 0.1) is 6.61 Å². The minimum absolute atomic E-state index is 0.176. The van der Waals surface area contributed by atoms with E-state index in [0.717, 1.165) is 0 Å². The lowest BCUT2D eigenvalue weighted by Crippen LogP contribution is -2.02. The number of hydrogen-bond donors (Lipinski definition) is 2. The highest BCUT2D eigenvalue weighted by atomic mass is 16.5. The molecule has 0 atom stereocenters. The first kappa shape index (κ1) is 14.7. The number of ether oxygens (including phenoxy) is 1. The van der Waals surface area contributed by atoms with Crippen LogP contribution in [-0.2, 0) is 14.3 Å². The Hall–Kier alpha value is -1.78. The van der Waals surface area contributed by atoms with E-state index in [1.54, 1.807) is 6.92 Å². The normalized spacial score (nSPS) is 7.86. The molecular formula is C9H14O5. The van der Waals surface area contributed by atoms with Gasteiger partial charge in [0.2, 0.25) is 0 Å². The lowest BCUT2D eigenvalue weighted by atomic mass is 10.4. The third-order valence-corrected chi connectivity index (χ3v) is 0.922. The summed E-state index contributed by atoms with van der Waals surface area (Å²) in [5.41, 5.74) is 0.176. The summed E-state index contributed by atoms with van der Waals surface area (Å²) in [6.45, 7) is 9.78. The van der Waals surface area contributed by atoms with E-state index in [2.05, 4.69) is 17.9 Å². The summed E-state index contributed by atoms with van der Waals surface area (Å²) in [5, 5.41) is 16.0. The van der Waals surface area contributed by atoms with Crippen molar-refractivity contribution in [3.05, 3.63) is 24.5 Å². The number of hydrogen-bond acceptors (Lipinski definition) is 3. The molecule has 0 aliphatic heterocycles. The van der Waals surface area contributed by atoms with Gasteiger partial charge in [-0.15, -0.1) is 0 Å². The van der Waals surface area contributed by atoms with Crippen LogP contribution >= 0.6 is 0 Å². The van der Waals surface area contributed by atoms with Gasteiger partial charge in [0.1, 0.15) is 0 Å². The second-order valence-electron chi connectivity index (χ2n) is 2.25. The summed E-state index contributed by atoms with van der Waals surface area (Å²) in [4.78, 5) is 19.5. The number of carboxylic acid groups (broad SMARTS) is 2. The molecule has 14 heavy (non-hydrogen) atoms. The van der Waals surface area contributed by atoms with Crippen molar-refractivity contribution in [3.63, 3.8) is 0 Å². The fourth-order valence-corrected chi connectivity index (χ4v) is 0.236. The third kappa shape index (κ3) is 10.2. The van der Waals surface area contributed by atoms with Crippen LogP contribution in [0, 0.1) is 0 Å². The van der Waals surface area contributed by atoms with Gasteiger partial charge in [0.25, 0.3) is 0 Å². The fourth-order valence-electron chi connectivity index (χ4n) is 0.236. The predicted molar refractivity (Wildman–Crippen MR) is 50.9 cm³/mol. The standard InChI is InChI=1S/C5H8O3.C4H6O2/c1-3-8-4(2)5(6)7;1-3(2)4(5)6/h2-3H2,1H3,(H,6,7);1H2,2H3,(H,5,6). The highest BCUT2D eigenvalue weighted by Crippen LogP contribution is 1.90. The SMILES string of the molecule is C=C(C)C(=O)O.C=C(OCC)C(=O)O. The van der Waals surface area contributed by atoms with Gasteiger partial charge in [0.15, 0.2) is 5.76 Å². The first-order chi connectivity index (χ1) is 6.32. The molecule has 5 nitrogen and oxygen atoms in total.